The second kappa shape index (κ2) is 12.5. The van der Waals surface area contributed by atoms with Gasteiger partial charge < -0.3 is 9.84 Å². The molecular formula is C9H21NO2V. The molecule has 1 fully saturated rings. The van der Waals surface area contributed by atoms with Crippen molar-refractivity contribution in [2.45, 2.75) is 20.3 Å². The minimum absolute atomic E-state index is 0. The predicted octanol–water partition coefficient (Wildman–Crippen LogP) is 0.725. The van der Waals surface area contributed by atoms with Gasteiger partial charge >= 0.3 is 0 Å². The third-order valence-corrected chi connectivity index (χ3v) is 1.74. The molecule has 1 heterocycles. The van der Waals surface area contributed by atoms with E-state index in [4.69, 9.17) is 9.84 Å². The number of hydrogen-bond acceptors (Lipinski definition) is 3. The van der Waals surface area contributed by atoms with Crippen molar-refractivity contribution >= 4 is 0 Å². The van der Waals surface area contributed by atoms with Gasteiger partial charge in [0.1, 0.15) is 0 Å². The van der Waals surface area contributed by atoms with Crippen LogP contribution < -0.4 is 0 Å². The molecule has 13 heavy (non-hydrogen) atoms. The zero-order chi connectivity index (χ0) is 9.23. The van der Waals surface area contributed by atoms with Crippen LogP contribution in [0.15, 0.2) is 0 Å². The largest absolute Gasteiger partial charge is 0.396 e. The van der Waals surface area contributed by atoms with Crippen molar-refractivity contribution in [3.05, 3.63) is 0 Å². The molecule has 4 heteroatoms. The monoisotopic (exact) mass is 226 g/mol. The second-order valence-corrected chi connectivity index (χ2v) is 2.53. The Balaban J connectivity index is 0. The van der Waals surface area contributed by atoms with Crippen LogP contribution in [0, 0.1) is 0 Å². The van der Waals surface area contributed by atoms with E-state index in [1.807, 2.05) is 13.8 Å². The Morgan fingerprint density at radius 1 is 1.23 bits per heavy atom. The van der Waals surface area contributed by atoms with Gasteiger partial charge in [-0.25, -0.2) is 0 Å². The minimum Gasteiger partial charge on any atom is -0.396 e. The van der Waals surface area contributed by atoms with E-state index in [0.717, 1.165) is 39.3 Å². The molecule has 0 aliphatic carbocycles. The third-order valence-electron chi connectivity index (χ3n) is 1.74. The Morgan fingerprint density at radius 3 is 2.23 bits per heavy atom. The maximum atomic E-state index is 8.54. The Kier molecular flexibility index (Phi) is 15.3. The van der Waals surface area contributed by atoms with E-state index in [0.29, 0.717) is 6.61 Å². The third kappa shape index (κ3) is 8.79. The summed E-state index contributed by atoms with van der Waals surface area (Å²) in [6.45, 7) is 9.08. The summed E-state index contributed by atoms with van der Waals surface area (Å²) < 4.78 is 5.18. The van der Waals surface area contributed by atoms with Gasteiger partial charge in [-0.15, -0.1) is 0 Å². The molecule has 0 unspecified atom stereocenters. The van der Waals surface area contributed by atoms with Crippen molar-refractivity contribution in [1.82, 2.24) is 4.90 Å². The topological polar surface area (TPSA) is 32.7 Å². The molecule has 0 aromatic heterocycles. The van der Waals surface area contributed by atoms with E-state index >= 15 is 0 Å². The average Bonchev–Trinajstić information content (AvgIpc) is 2.19. The van der Waals surface area contributed by atoms with Crippen LogP contribution in [0.4, 0.5) is 0 Å². The number of nitrogens with zero attached hydrogens (tertiary/aromatic N) is 1. The predicted molar refractivity (Wildman–Crippen MR) is 50.3 cm³/mol. The standard InChI is InChI=1S/C7H15NO2.C2H6.V/c9-5-1-2-8-3-6-10-7-4-8;1-2;/h9H,1-7H2;1-2H3;. The summed E-state index contributed by atoms with van der Waals surface area (Å²) in [4.78, 5) is 2.32. The molecule has 0 saturated carbocycles. The molecule has 0 aromatic rings. The van der Waals surface area contributed by atoms with Crippen molar-refractivity contribution in [2.75, 3.05) is 39.5 Å². The Bertz CT molecular complexity index is 87.7. The van der Waals surface area contributed by atoms with E-state index in [1.165, 1.54) is 0 Å². The zero-order valence-corrected chi connectivity index (χ0v) is 10.1. The molecule has 1 aliphatic heterocycles. The van der Waals surface area contributed by atoms with Crippen molar-refractivity contribution in [3.8, 4) is 0 Å². The summed E-state index contributed by atoms with van der Waals surface area (Å²) in [5.41, 5.74) is 0. The molecule has 0 spiro atoms. The first-order valence-corrected chi connectivity index (χ1v) is 4.84. The molecule has 0 atom stereocenters. The van der Waals surface area contributed by atoms with Crippen LogP contribution in [-0.2, 0) is 23.3 Å². The van der Waals surface area contributed by atoms with Crippen LogP contribution in [-0.4, -0.2) is 49.5 Å². The minimum atomic E-state index is 0. The van der Waals surface area contributed by atoms with E-state index < -0.39 is 0 Å². The van der Waals surface area contributed by atoms with Crippen LogP contribution in [0.3, 0.4) is 0 Å². The first-order valence-electron chi connectivity index (χ1n) is 4.84. The molecule has 1 rings (SSSR count). The molecule has 3 nitrogen and oxygen atoms in total. The molecule has 0 amide bonds. The normalized spacial score (nSPS) is 16.8. The van der Waals surface area contributed by atoms with Crippen molar-refractivity contribution < 1.29 is 28.4 Å². The molecule has 79 valence electrons. The summed E-state index contributed by atoms with van der Waals surface area (Å²) in [5.74, 6) is 0. The Labute approximate surface area is 93.3 Å². The van der Waals surface area contributed by atoms with Crippen LogP contribution in [0.5, 0.6) is 0 Å². The number of rotatable bonds is 3. The molecular weight excluding hydrogens is 205 g/mol. The molecule has 1 saturated heterocycles. The molecule has 1 N–H and O–H groups in total. The van der Waals surface area contributed by atoms with Crippen molar-refractivity contribution in [1.29, 1.82) is 0 Å². The van der Waals surface area contributed by atoms with Crippen LogP contribution in [0.25, 0.3) is 0 Å². The van der Waals surface area contributed by atoms with Crippen molar-refractivity contribution in [3.63, 3.8) is 0 Å². The van der Waals surface area contributed by atoms with E-state index in [2.05, 4.69) is 4.90 Å². The van der Waals surface area contributed by atoms with Crippen LogP contribution in [0.2, 0.25) is 0 Å². The Morgan fingerprint density at radius 2 is 1.77 bits per heavy atom. The van der Waals surface area contributed by atoms with E-state index in [-0.39, 0.29) is 18.6 Å². The fraction of sp³-hybridized carbons (Fsp3) is 1.00. The van der Waals surface area contributed by atoms with E-state index in [1.54, 1.807) is 0 Å². The summed E-state index contributed by atoms with van der Waals surface area (Å²) in [6, 6.07) is 0. The summed E-state index contributed by atoms with van der Waals surface area (Å²) in [5, 5.41) is 8.54. The van der Waals surface area contributed by atoms with Gasteiger partial charge in [0.05, 0.1) is 13.2 Å². The van der Waals surface area contributed by atoms with Gasteiger partial charge in [0.25, 0.3) is 0 Å². The second-order valence-electron chi connectivity index (χ2n) is 2.53. The average molecular weight is 226 g/mol. The van der Waals surface area contributed by atoms with Gasteiger partial charge in [0, 0.05) is 44.8 Å². The first kappa shape index (κ1) is 15.9. The SMILES string of the molecule is CC.OCCCN1CCOCC1.[V]. The molecule has 0 aromatic carbocycles. The maximum absolute atomic E-state index is 8.54. The smallest absolute Gasteiger partial charge is 0.0594 e. The van der Waals surface area contributed by atoms with Crippen LogP contribution in [0.1, 0.15) is 20.3 Å². The summed E-state index contributed by atoms with van der Waals surface area (Å²) in [7, 11) is 0. The number of aliphatic hydroxyl groups is 1. The number of hydrogen-bond donors (Lipinski definition) is 1. The number of morpholine rings is 1. The number of aliphatic hydroxyl groups excluding tert-OH is 1. The molecule has 1 radical (unpaired) electrons. The summed E-state index contributed by atoms with van der Waals surface area (Å²) >= 11 is 0. The fourth-order valence-corrected chi connectivity index (χ4v) is 1.12. The number of ether oxygens (including phenoxy) is 1. The molecule has 0 bridgehead atoms. The van der Waals surface area contributed by atoms with Crippen molar-refractivity contribution in [2.24, 2.45) is 0 Å². The zero-order valence-electron chi connectivity index (χ0n) is 8.70. The molecule has 1 aliphatic rings. The fourth-order valence-electron chi connectivity index (χ4n) is 1.12. The van der Waals surface area contributed by atoms with Gasteiger partial charge in [0.2, 0.25) is 0 Å². The van der Waals surface area contributed by atoms with Gasteiger partial charge in [-0.2, -0.15) is 0 Å². The first-order chi connectivity index (χ1) is 5.93. The Hall–Kier alpha value is 0.464. The quantitative estimate of drug-likeness (QED) is 0.770. The van der Waals surface area contributed by atoms with Gasteiger partial charge in [-0.05, 0) is 6.42 Å². The van der Waals surface area contributed by atoms with E-state index in [9.17, 15) is 0 Å². The van der Waals surface area contributed by atoms with Gasteiger partial charge in [0.15, 0.2) is 0 Å². The van der Waals surface area contributed by atoms with Gasteiger partial charge in [-0.1, -0.05) is 13.8 Å². The maximum Gasteiger partial charge on any atom is 0.0594 e. The summed E-state index contributed by atoms with van der Waals surface area (Å²) in [6.07, 6.45) is 0.889. The van der Waals surface area contributed by atoms with Crippen LogP contribution >= 0.6 is 0 Å². The van der Waals surface area contributed by atoms with Gasteiger partial charge in [-0.3, -0.25) is 4.90 Å².